The maximum absolute atomic E-state index is 12.1. The van der Waals surface area contributed by atoms with Crippen LogP contribution < -0.4 is 14.8 Å². The molecular formula is C18H18N2O3S. The molecule has 0 fully saturated rings. The quantitative estimate of drug-likeness (QED) is 0.763. The summed E-state index contributed by atoms with van der Waals surface area (Å²) < 4.78 is 11.8. The first-order valence-corrected chi connectivity index (χ1v) is 8.32. The summed E-state index contributed by atoms with van der Waals surface area (Å²) in [4.78, 5) is 16.5. The molecule has 0 bridgehead atoms. The van der Waals surface area contributed by atoms with E-state index in [4.69, 9.17) is 9.47 Å². The molecule has 3 aromatic rings. The van der Waals surface area contributed by atoms with Crippen molar-refractivity contribution in [3.63, 3.8) is 0 Å². The molecule has 0 spiro atoms. The monoisotopic (exact) mass is 342 g/mol. The molecule has 1 amide bonds. The van der Waals surface area contributed by atoms with E-state index in [0.29, 0.717) is 16.6 Å². The molecule has 5 nitrogen and oxygen atoms in total. The number of hydrogen-bond acceptors (Lipinski definition) is 5. The zero-order valence-electron chi connectivity index (χ0n) is 13.8. The van der Waals surface area contributed by atoms with Gasteiger partial charge in [-0.1, -0.05) is 35.1 Å². The van der Waals surface area contributed by atoms with Gasteiger partial charge in [-0.3, -0.25) is 10.1 Å². The number of amides is 1. The van der Waals surface area contributed by atoms with Crippen molar-refractivity contribution in [3.8, 4) is 11.5 Å². The smallest absolute Gasteiger partial charge is 0.264 e. The van der Waals surface area contributed by atoms with E-state index >= 15 is 0 Å². The summed E-state index contributed by atoms with van der Waals surface area (Å²) in [7, 11) is 1.60. The van der Waals surface area contributed by atoms with E-state index in [2.05, 4.69) is 10.3 Å². The summed E-state index contributed by atoms with van der Waals surface area (Å²) in [5, 5.41) is 3.30. The number of hydrogen-bond donors (Lipinski definition) is 1. The Labute approximate surface area is 144 Å². The molecule has 3 rings (SSSR count). The average Bonchev–Trinajstić information content (AvgIpc) is 2.96. The van der Waals surface area contributed by atoms with Crippen molar-refractivity contribution in [3.05, 3.63) is 47.5 Å². The minimum Gasteiger partial charge on any atom is -0.494 e. The van der Waals surface area contributed by atoms with Crippen molar-refractivity contribution in [1.29, 1.82) is 0 Å². The van der Waals surface area contributed by atoms with Gasteiger partial charge in [-0.05, 0) is 37.6 Å². The van der Waals surface area contributed by atoms with Crippen molar-refractivity contribution in [1.82, 2.24) is 4.98 Å². The van der Waals surface area contributed by atoms with Crippen LogP contribution in [0.4, 0.5) is 5.13 Å². The molecule has 0 saturated heterocycles. The Morgan fingerprint density at radius 1 is 1.21 bits per heavy atom. The van der Waals surface area contributed by atoms with Crippen LogP contribution in [0.25, 0.3) is 10.2 Å². The number of fused-ring (bicyclic) bond motifs is 1. The van der Waals surface area contributed by atoms with Gasteiger partial charge in [-0.25, -0.2) is 4.98 Å². The minimum atomic E-state index is -0.243. The summed E-state index contributed by atoms with van der Waals surface area (Å²) in [6, 6.07) is 11.5. The van der Waals surface area contributed by atoms with Gasteiger partial charge < -0.3 is 9.47 Å². The van der Waals surface area contributed by atoms with Crippen LogP contribution in [-0.4, -0.2) is 24.6 Å². The van der Waals surface area contributed by atoms with Crippen LogP contribution in [-0.2, 0) is 4.79 Å². The maximum Gasteiger partial charge on any atom is 0.264 e. The highest BCUT2D eigenvalue weighted by molar-refractivity contribution is 7.22. The van der Waals surface area contributed by atoms with Gasteiger partial charge in [-0.15, -0.1) is 0 Å². The number of nitrogens with one attached hydrogen (secondary N) is 1. The van der Waals surface area contributed by atoms with Gasteiger partial charge in [-0.2, -0.15) is 0 Å². The molecule has 124 valence electrons. The third-order valence-corrected chi connectivity index (χ3v) is 4.47. The Balaban J connectivity index is 1.66. The molecule has 0 atom stereocenters. The first-order valence-electron chi connectivity index (χ1n) is 7.50. The van der Waals surface area contributed by atoms with Gasteiger partial charge in [0.1, 0.15) is 17.0 Å². The molecule has 0 radical (unpaired) electrons. The predicted octanol–water partition coefficient (Wildman–Crippen LogP) is 3.94. The second-order valence-corrected chi connectivity index (χ2v) is 6.46. The van der Waals surface area contributed by atoms with Gasteiger partial charge in [0.05, 0.1) is 11.8 Å². The van der Waals surface area contributed by atoms with E-state index in [1.807, 2.05) is 50.2 Å². The molecule has 0 unspecified atom stereocenters. The van der Waals surface area contributed by atoms with E-state index < -0.39 is 0 Å². The fraction of sp³-hybridized carbons (Fsp3) is 0.222. The van der Waals surface area contributed by atoms with Gasteiger partial charge >= 0.3 is 0 Å². The van der Waals surface area contributed by atoms with Crippen molar-refractivity contribution < 1.29 is 14.3 Å². The van der Waals surface area contributed by atoms with Crippen molar-refractivity contribution in [2.24, 2.45) is 0 Å². The third-order valence-electron chi connectivity index (χ3n) is 3.54. The number of carbonyl (C=O) groups is 1. The number of benzene rings is 2. The maximum atomic E-state index is 12.1. The van der Waals surface area contributed by atoms with Gasteiger partial charge in [0, 0.05) is 0 Å². The molecule has 6 heteroatoms. The Hall–Kier alpha value is -2.60. The van der Waals surface area contributed by atoms with E-state index in [0.717, 1.165) is 21.3 Å². The number of carbonyl (C=O) groups excluding carboxylic acids is 1. The Morgan fingerprint density at radius 2 is 2.04 bits per heavy atom. The van der Waals surface area contributed by atoms with Crippen molar-refractivity contribution in [2.75, 3.05) is 19.0 Å². The van der Waals surface area contributed by atoms with Crippen molar-refractivity contribution in [2.45, 2.75) is 13.8 Å². The molecule has 0 saturated carbocycles. The second-order valence-electron chi connectivity index (χ2n) is 5.43. The lowest BCUT2D eigenvalue weighted by molar-refractivity contribution is -0.118. The Kier molecular flexibility index (Phi) is 4.66. The number of aromatic nitrogens is 1. The zero-order valence-corrected chi connectivity index (χ0v) is 14.6. The molecule has 0 aliphatic heterocycles. The number of anilines is 1. The lowest BCUT2D eigenvalue weighted by Gasteiger charge is -2.09. The topological polar surface area (TPSA) is 60.5 Å². The molecule has 1 aromatic heterocycles. The molecule has 2 aromatic carbocycles. The fourth-order valence-electron chi connectivity index (χ4n) is 2.40. The predicted molar refractivity (Wildman–Crippen MR) is 96.2 cm³/mol. The molecule has 24 heavy (non-hydrogen) atoms. The highest BCUT2D eigenvalue weighted by Crippen LogP contribution is 2.32. The second kappa shape index (κ2) is 6.88. The van der Waals surface area contributed by atoms with E-state index in [1.54, 1.807) is 7.11 Å². The number of rotatable bonds is 5. The van der Waals surface area contributed by atoms with Gasteiger partial charge in [0.2, 0.25) is 0 Å². The summed E-state index contributed by atoms with van der Waals surface area (Å²) in [6.07, 6.45) is 0. The zero-order chi connectivity index (χ0) is 17.1. The van der Waals surface area contributed by atoms with Gasteiger partial charge in [0.25, 0.3) is 5.91 Å². The van der Waals surface area contributed by atoms with E-state index in [1.165, 1.54) is 11.3 Å². The number of para-hydroxylation sites is 1. The lowest BCUT2D eigenvalue weighted by Crippen LogP contribution is -2.20. The largest absolute Gasteiger partial charge is 0.494 e. The summed E-state index contributed by atoms with van der Waals surface area (Å²) in [5.74, 6) is 1.16. The molecule has 1 N–H and O–H groups in total. The Bertz CT molecular complexity index is 889. The van der Waals surface area contributed by atoms with Crippen LogP contribution >= 0.6 is 11.3 Å². The average molecular weight is 342 g/mol. The van der Waals surface area contributed by atoms with Crippen LogP contribution in [0, 0.1) is 13.8 Å². The summed E-state index contributed by atoms with van der Waals surface area (Å²) in [5.41, 5.74) is 2.91. The number of methoxy groups -OCH3 is 1. The SMILES string of the molecule is COc1cccc2sc(NC(=O)COc3ccc(C)cc3C)nc12. The number of ether oxygens (including phenoxy) is 2. The lowest BCUT2D eigenvalue weighted by atomic mass is 10.1. The van der Waals surface area contributed by atoms with Crippen LogP contribution in [0.2, 0.25) is 0 Å². The molecular weight excluding hydrogens is 324 g/mol. The Morgan fingerprint density at radius 3 is 2.79 bits per heavy atom. The van der Waals surface area contributed by atoms with E-state index in [9.17, 15) is 4.79 Å². The highest BCUT2D eigenvalue weighted by Gasteiger charge is 2.11. The summed E-state index contributed by atoms with van der Waals surface area (Å²) >= 11 is 1.40. The van der Waals surface area contributed by atoms with Crippen molar-refractivity contribution >= 4 is 32.6 Å². The number of thiazole rings is 1. The highest BCUT2D eigenvalue weighted by atomic mass is 32.1. The molecule has 1 heterocycles. The fourth-order valence-corrected chi connectivity index (χ4v) is 3.30. The van der Waals surface area contributed by atoms with Crippen LogP contribution in [0.1, 0.15) is 11.1 Å². The summed E-state index contributed by atoms with van der Waals surface area (Å²) in [6.45, 7) is 3.92. The van der Waals surface area contributed by atoms with Gasteiger partial charge in [0.15, 0.2) is 11.7 Å². The minimum absolute atomic E-state index is 0.0586. The van der Waals surface area contributed by atoms with Crippen LogP contribution in [0.5, 0.6) is 11.5 Å². The van der Waals surface area contributed by atoms with E-state index in [-0.39, 0.29) is 12.5 Å². The molecule has 0 aliphatic rings. The number of aryl methyl sites for hydroxylation is 2. The first kappa shape index (κ1) is 16.3. The first-order chi connectivity index (χ1) is 11.6. The van der Waals surface area contributed by atoms with Crippen LogP contribution in [0.15, 0.2) is 36.4 Å². The standard InChI is InChI=1S/C18H18N2O3S/c1-11-7-8-13(12(2)9-11)23-10-16(21)19-18-20-17-14(22-3)5-4-6-15(17)24-18/h4-9H,10H2,1-3H3,(H,19,20,21). The third kappa shape index (κ3) is 3.49. The normalized spacial score (nSPS) is 10.6. The molecule has 0 aliphatic carbocycles. The van der Waals surface area contributed by atoms with Crippen LogP contribution in [0.3, 0.4) is 0 Å². The number of nitrogens with zero attached hydrogens (tertiary/aromatic N) is 1.